The lowest BCUT2D eigenvalue weighted by Gasteiger charge is -2.10. The van der Waals surface area contributed by atoms with E-state index in [0.717, 1.165) is 6.42 Å². The molecule has 1 aromatic rings. The van der Waals surface area contributed by atoms with Crippen LogP contribution in [0.3, 0.4) is 0 Å². The quantitative estimate of drug-likeness (QED) is 0.702. The van der Waals surface area contributed by atoms with E-state index in [0.29, 0.717) is 12.4 Å². The van der Waals surface area contributed by atoms with Crippen molar-refractivity contribution in [1.82, 2.24) is 15.1 Å². The van der Waals surface area contributed by atoms with E-state index >= 15 is 0 Å². The van der Waals surface area contributed by atoms with Crippen molar-refractivity contribution < 1.29 is 14.6 Å². The summed E-state index contributed by atoms with van der Waals surface area (Å²) in [6.45, 7) is 2.94. The van der Waals surface area contributed by atoms with Crippen LogP contribution in [-0.4, -0.2) is 40.6 Å². The number of hydrogen-bond acceptors (Lipinski definition) is 4. The Morgan fingerprint density at radius 3 is 3.06 bits per heavy atom. The van der Waals surface area contributed by atoms with E-state index in [1.165, 1.54) is 0 Å². The third kappa shape index (κ3) is 3.54. The first-order valence-corrected chi connectivity index (χ1v) is 5.22. The number of carboxylic acid groups (broad SMARTS) is 1. The molecule has 0 spiro atoms. The summed E-state index contributed by atoms with van der Waals surface area (Å²) in [6, 6.07) is -0.640. The Kier molecular flexibility index (Phi) is 4.78. The summed E-state index contributed by atoms with van der Waals surface area (Å²) in [7, 11) is 1.61. The molecule has 6 nitrogen and oxygen atoms in total. The van der Waals surface area contributed by atoms with E-state index in [1.54, 1.807) is 24.1 Å². The number of hydrogen-bond donors (Lipinski definition) is 2. The summed E-state index contributed by atoms with van der Waals surface area (Å²) < 4.78 is 6.92. The monoisotopic (exact) mass is 227 g/mol. The van der Waals surface area contributed by atoms with Crippen LogP contribution >= 0.6 is 0 Å². The Morgan fingerprint density at radius 2 is 2.50 bits per heavy atom. The molecule has 0 aliphatic rings. The molecule has 1 heterocycles. The van der Waals surface area contributed by atoms with Crippen molar-refractivity contribution in [2.75, 3.05) is 13.7 Å². The van der Waals surface area contributed by atoms with Gasteiger partial charge in [0.15, 0.2) is 5.75 Å². The zero-order valence-corrected chi connectivity index (χ0v) is 9.51. The molecule has 0 aliphatic heterocycles. The third-order valence-corrected chi connectivity index (χ3v) is 2.10. The van der Waals surface area contributed by atoms with Crippen molar-refractivity contribution in [2.24, 2.45) is 0 Å². The molecule has 1 atom stereocenters. The summed E-state index contributed by atoms with van der Waals surface area (Å²) in [6.07, 6.45) is 4.21. The van der Waals surface area contributed by atoms with Gasteiger partial charge in [-0.3, -0.25) is 9.48 Å². The van der Waals surface area contributed by atoms with Crippen molar-refractivity contribution >= 4 is 5.97 Å². The van der Waals surface area contributed by atoms with Crippen molar-refractivity contribution in [1.29, 1.82) is 0 Å². The topological polar surface area (TPSA) is 76.4 Å². The molecule has 0 saturated carbocycles. The Hall–Kier alpha value is -1.56. The summed E-state index contributed by atoms with van der Waals surface area (Å²) in [4.78, 5) is 10.8. The lowest BCUT2D eigenvalue weighted by atomic mass is 10.3. The van der Waals surface area contributed by atoms with Gasteiger partial charge in [0.2, 0.25) is 0 Å². The second-order valence-corrected chi connectivity index (χ2v) is 3.43. The molecule has 0 bridgehead atoms. The first-order valence-electron chi connectivity index (χ1n) is 5.22. The Morgan fingerprint density at radius 1 is 1.75 bits per heavy atom. The molecule has 1 unspecified atom stereocenters. The van der Waals surface area contributed by atoms with Gasteiger partial charge in [0.05, 0.1) is 25.5 Å². The molecule has 6 heteroatoms. The van der Waals surface area contributed by atoms with Gasteiger partial charge in [0.25, 0.3) is 0 Å². The van der Waals surface area contributed by atoms with Crippen LogP contribution < -0.4 is 10.1 Å². The van der Waals surface area contributed by atoms with E-state index < -0.39 is 12.0 Å². The fourth-order valence-corrected chi connectivity index (χ4v) is 1.22. The molecular formula is C10H17N3O3. The SMILES string of the molecule is CCCOc1cnn(CC(NC)C(=O)O)c1. The van der Waals surface area contributed by atoms with Gasteiger partial charge in [0, 0.05) is 0 Å². The maximum absolute atomic E-state index is 10.8. The van der Waals surface area contributed by atoms with Gasteiger partial charge in [0.1, 0.15) is 6.04 Å². The average Bonchev–Trinajstić information content (AvgIpc) is 2.70. The molecule has 2 N–H and O–H groups in total. The normalized spacial score (nSPS) is 12.4. The molecule has 0 saturated heterocycles. The zero-order valence-electron chi connectivity index (χ0n) is 9.51. The molecule has 0 aliphatic carbocycles. The van der Waals surface area contributed by atoms with E-state index in [-0.39, 0.29) is 6.54 Å². The molecule has 0 aromatic carbocycles. The molecule has 1 aromatic heterocycles. The maximum atomic E-state index is 10.8. The van der Waals surface area contributed by atoms with E-state index in [2.05, 4.69) is 10.4 Å². The first-order chi connectivity index (χ1) is 7.67. The highest BCUT2D eigenvalue weighted by Crippen LogP contribution is 2.08. The van der Waals surface area contributed by atoms with Gasteiger partial charge in [-0.25, -0.2) is 0 Å². The van der Waals surface area contributed by atoms with E-state index in [1.807, 2.05) is 6.92 Å². The smallest absolute Gasteiger partial charge is 0.322 e. The fourth-order valence-electron chi connectivity index (χ4n) is 1.22. The van der Waals surface area contributed by atoms with Crippen molar-refractivity contribution in [2.45, 2.75) is 25.9 Å². The van der Waals surface area contributed by atoms with Crippen LogP contribution in [0.15, 0.2) is 12.4 Å². The summed E-state index contributed by atoms with van der Waals surface area (Å²) in [5.74, 6) is -0.226. The first kappa shape index (κ1) is 12.5. The standard InChI is InChI=1S/C10H17N3O3/c1-3-4-16-8-5-12-13(6-8)7-9(11-2)10(14)15/h5-6,9,11H,3-4,7H2,1-2H3,(H,14,15). The minimum atomic E-state index is -0.894. The number of ether oxygens (including phenoxy) is 1. The van der Waals surface area contributed by atoms with Gasteiger partial charge >= 0.3 is 5.97 Å². The largest absolute Gasteiger partial charge is 0.490 e. The van der Waals surface area contributed by atoms with Gasteiger partial charge < -0.3 is 15.2 Å². The van der Waals surface area contributed by atoms with Crippen LogP contribution in [0.1, 0.15) is 13.3 Å². The van der Waals surface area contributed by atoms with Crippen molar-refractivity contribution in [3.05, 3.63) is 12.4 Å². The Bertz CT molecular complexity index is 338. The predicted molar refractivity (Wildman–Crippen MR) is 58.5 cm³/mol. The highest BCUT2D eigenvalue weighted by Gasteiger charge is 2.15. The number of aromatic nitrogens is 2. The number of carboxylic acids is 1. The summed E-state index contributed by atoms with van der Waals surface area (Å²) >= 11 is 0. The number of nitrogens with zero attached hydrogens (tertiary/aromatic N) is 2. The Balaban J connectivity index is 2.53. The fraction of sp³-hybridized carbons (Fsp3) is 0.600. The molecule has 0 radical (unpaired) electrons. The van der Waals surface area contributed by atoms with Crippen molar-refractivity contribution in [3.63, 3.8) is 0 Å². The summed E-state index contributed by atoms with van der Waals surface area (Å²) in [5.41, 5.74) is 0. The number of nitrogens with one attached hydrogen (secondary N) is 1. The van der Waals surface area contributed by atoms with Crippen LogP contribution in [0, 0.1) is 0 Å². The molecule has 16 heavy (non-hydrogen) atoms. The number of rotatable bonds is 7. The zero-order chi connectivity index (χ0) is 12.0. The highest BCUT2D eigenvalue weighted by molar-refractivity contribution is 5.73. The molecular weight excluding hydrogens is 210 g/mol. The van der Waals surface area contributed by atoms with Gasteiger partial charge in [-0.1, -0.05) is 6.92 Å². The van der Waals surface area contributed by atoms with E-state index in [4.69, 9.17) is 9.84 Å². The van der Waals surface area contributed by atoms with Crippen LogP contribution in [0.2, 0.25) is 0 Å². The molecule has 1 rings (SSSR count). The minimum Gasteiger partial charge on any atom is -0.490 e. The second kappa shape index (κ2) is 6.12. The molecule has 0 fully saturated rings. The van der Waals surface area contributed by atoms with E-state index in [9.17, 15) is 4.79 Å². The van der Waals surface area contributed by atoms with Gasteiger partial charge in [-0.2, -0.15) is 5.10 Å². The second-order valence-electron chi connectivity index (χ2n) is 3.43. The summed E-state index contributed by atoms with van der Waals surface area (Å²) in [5, 5.41) is 15.6. The lowest BCUT2D eigenvalue weighted by molar-refractivity contribution is -0.139. The lowest BCUT2D eigenvalue weighted by Crippen LogP contribution is -2.37. The van der Waals surface area contributed by atoms with Crippen LogP contribution in [0.5, 0.6) is 5.75 Å². The average molecular weight is 227 g/mol. The number of aliphatic carboxylic acids is 1. The highest BCUT2D eigenvalue weighted by atomic mass is 16.5. The number of likely N-dealkylation sites (N-methyl/N-ethyl adjacent to an activating group) is 1. The van der Waals surface area contributed by atoms with Crippen LogP contribution in [0.4, 0.5) is 0 Å². The van der Waals surface area contributed by atoms with Crippen molar-refractivity contribution in [3.8, 4) is 5.75 Å². The minimum absolute atomic E-state index is 0.279. The third-order valence-electron chi connectivity index (χ3n) is 2.10. The van der Waals surface area contributed by atoms with Crippen LogP contribution in [0.25, 0.3) is 0 Å². The Labute approximate surface area is 94.2 Å². The predicted octanol–water partition coefficient (Wildman–Crippen LogP) is 0.344. The van der Waals surface area contributed by atoms with Gasteiger partial charge in [-0.15, -0.1) is 0 Å². The molecule has 90 valence electrons. The van der Waals surface area contributed by atoms with Gasteiger partial charge in [-0.05, 0) is 13.5 Å². The van der Waals surface area contributed by atoms with Crippen LogP contribution in [-0.2, 0) is 11.3 Å². The number of carbonyl (C=O) groups is 1. The maximum Gasteiger partial charge on any atom is 0.322 e. The molecule has 0 amide bonds.